The molecular weight excluding hydrogens is 373 g/mol. The first-order valence-electron chi connectivity index (χ1n) is 5.79. The van der Waals surface area contributed by atoms with Gasteiger partial charge in [-0.3, -0.25) is 4.99 Å². The van der Waals surface area contributed by atoms with Gasteiger partial charge in [0.05, 0.1) is 19.4 Å². The predicted octanol–water partition coefficient (Wildman–Crippen LogP) is 3.13. The highest BCUT2D eigenvalue weighted by Crippen LogP contribution is 2.14. The standard InChI is InChI=1S/C13H17N3OS.HI/c1-10-5-7-18-12(10)9-16-13(14-2)15-8-11-4-3-6-17-11;/h3-7H,8-9H2,1-2H3,(H2,14,15,16);1H. The lowest BCUT2D eigenvalue weighted by molar-refractivity contribution is 0.501. The Morgan fingerprint density at radius 3 is 2.68 bits per heavy atom. The Balaban J connectivity index is 0.00000180. The van der Waals surface area contributed by atoms with Gasteiger partial charge in [0.2, 0.25) is 0 Å². The van der Waals surface area contributed by atoms with Gasteiger partial charge >= 0.3 is 0 Å². The molecule has 19 heavy (non-hydrogen) atoms. The summed E-state index contributed by atoms with van der Waals surface area (Å²) in [6, 6.07) is 5.94. The Morgan fingerprint density at radius 1 is 1.32 bits per heavy atom. The van der Waals surface area contributed by atoms with Crippen LogP contribution in [0.3, 0.4) is 0 Å². The van der Waals surface area contributed by atoms with Crippen LogP contribution < -0.4 is 10.6 Å². The lowest BCUT2D eigenvalue weighted by Crippen LogP contribution is -2.36. The summed E-state index contributed by atoms with van der Waals surface area (Å²) < 4.78 is 5.25. The Kier molecular flexibility index (Phi) is 6.93. The molecule has 2 heterocycles. The van der Waals surface area contributed by atoms with Gasteiger partial charge in [0.1, 0.15) is 5.76 Å². The van der Waals surface area contributed by atoms with E-state index < -0.39 is 0 Å². The number of nitrogens with one attached hydrogen (secondary N) is 2. The summed E-state index contributed by atoms with van der Waals surface area (Å²) >= 11 is 1.75. The summed E-state index contributed by atoms with van der Waals surface area (Å²) in [7, 11) is 1.76. The minimum absolute atomic E-state index is 0. The molecule has 2 aromatic rings. The Morgan fingerprint density at radius 2 is 2.11 bits per heavy atom. The lowest BCUT2D eigenvalue weighted by Gasteiger charge is -2.10. The second-order valence-corrected chi connectivity index (χ2v) is 4.89. The molecule has 0 aliphatic rings. The molecule has 6 heteroatoms. The van der Waals surface area contributed by atoms with Crippen molar-refractivity contribution in [1.82, 2.24) is 10.6 Å². The molecule has 0 unspecified atom stereocenters. The highest BCUT2D eigenvalue weighted by atomic mass is 127. The first-order chi connectivity index (χ1) is 8.79. The van der Waals surface area contributed by atoms with E-state index in [1.807, 2.05) is 12.1 Å². The Labute approximate surface area is 134 Å². The lowest BCUT2D eigenvalue weighted by atomic mass is 10.3. The first-order valence-corrected chi connectivity index (χ1v) is 6.67. The SMILES string of the molecule is CN=C(NCc1ccco1)NCc1sccc1C.I. The van der Waals surface area contributed by atoms with Gasteiger partial charge in [0, 0.05) is 11.9 Å². The molecule has 2 N–H and O–H groups in total. The molecule has 0 amide bonds. The Bertz CT molecular complexity index is 508. The Hall–Kier alpha value is -1.02. The van der Waals surface area contributed by atoms with E-state index in [4.69, 9.17) is 4.42 Å². The van der Waals surface area contributed by atoms with Crippen molar-refractivity contribution in [2.45, 2.75) is 20.0 Å². The van der Waals surface area contributed by atoms with Crippen molar-refractivity contribution in [3.63, 3.8) is 0 Å². The number of halogens is 1. The van der Waals surface area contributed by atoms with Gasteiger partial charge in [-0.15, -0.1) is 35.3 Å². The number of hydrogen-bond donors (Lipinski definition) is 2. The topological polar surface area (TPSA) is 49.6 Å². The molecule has 2 aromatic heterocycles. The largest absolute Gasteiger partial charge is 0.467 e. The fraction of sp³-hybridized carbons (Fsp3) is 0.308. The summed E-state index contributed by atoms with van der Waals surface area (Å²) in [4.78, 5) is 5.50. The monoisotopic (exact) mass is 391 g/mol. The van der Waals surface area contributed by atoms with Gasteiger partial charge in [0.15, 0.2) is 5.96 Å². The molecule has 0 bridgehead atoms. The van der Waals surface area contributed by atoms with Gasteiger partial charge in [-0.2, -0.15) is 0 Å². The number of aryl methyl sites for hydroxylation is 1. The van der Waals surface area contributed by atoms with Crippen LogP contribution in [0.5, 0.6) is 0 Å². The van der Waals surface area contributed by atoms with Crippen molar-refractivity contribution in [2.75, 3.05) is 7.05 Å². The van der Waals surface area contributed by atoms with Crippen molar-refractivity contribution >= 4 is 41.3 Å². The van der Waals surface area contributed by atoms with Crippen molar-refractivity contribution in [2.24, 2.45) is 4.99 Å². The van der Waals surface area contributed by atoms with Crippen LogP contribution in [0.25, 0.3) is 0 Å². The normalized spacial score (nSPS) is 10.9. The second-order valence-electron chi connectivity index (χ2n) is 3.89. The van der Waals surface area contributed by atoms with Gasteiger partial charge in [-0.1, -0.05) is 0 Å². The van der Waals surface area contributed by atoms with Crippen molar-refractivity contribution in [3.8, 4) is 0 Å². The van der Waals surface area contributed by atoms with Crippen LogP contribution in [0.2, 0.25) is 0 Å². The van der Waals surface area contributed by atoms with E-state index in [2.05, 4.69) is 34.0 Å². The molecule has 0 aromatic carbocycles. The number of nitrogens with zero attached hydrogens (tertiary/aromatic N) is 1. The number of rotatable bonds is 4. The zero-order valence-corrected chi connectivity index (χ0v) is 14.1. The van der Waals surface area contributed by atoms with E-state index >= 15 is 0 Å². The van der Waals surface area contributed by atoms with Crippen LogP contribution in [0, 0.1) is 6.92 Å². The van der Waals surface area contributed by atoms with Crippen molar-refractivity contribution in [3.05, 3.63) is 46.0 Å². The quantitative estimate of drug-likeness (QED) is 0.478. The molecule has 0 saturated carbocycles. The molecule has 4 nitrogen and oxygen atoms in total. The van der Waals surface area contributed by atoms with Crippen LogP contribution in [-0.2, 0) is 13.1 Å². The van der Waals surface area contributed by atoms with Gasteiger partial charge in [0.25, 0.3) is 0 Å². The number of thiophene rings is 1. The molecular formula is C13H18IN3OS. The highest BCUT2D eigenvalue weighted by molar-refractivity contribution is 14.0. The minimum atomic E-state index is 0. The van der Waals surface area contributed by atoms with E-state index in [1.54, 1.807) is 24.6 Å². The van der Waals surface area contributed by atoms with E-state index in [9.17, 15) is 0 Å². The number of hydrogen-bond acceptors (Lipinski definition) is 3. The number of guanidine groups is 1. The average Bonchev–Trinajstić information content (AvgIpc) is 3.01. The third-order valence-electron chi connectivity index (χ3n) is 2.62. The molecule has 2 rings (SSSR count). The highest BCUT2D eigenvalue weighted by Gasteiger charge is 2.02. The molecule has 0 saturated heterocycles. The third kappa shape index (κ3) is 4.87. The minimum Gasteiger partial charge on any atom is -0.467 e. The van der Waals surface area contributed by atoms with Crippen LogP contribution >= 0.6 is 35.3 Å². The summed E-state index contributed by atoms with van der Waals surface area (Å²) in [5, 5.41) is 8.59. The van der Waals surface area contributed by atoms with Crippen LogP contribution in [0.4, 0.5) is 0 Å². The second kappa shape index (κ2) is 8.21. The molecule has 104 valence electrons. The summed E-state index contributed by atoms with van der Waals surface area (Å²) in [6.07, 6.45) is 1.67. The maximum Gasteiger partial charge on any atom is 0.191 e. The molecule has 0 atom stereocenters. The van der Waals surface area contributed by atoms with Crippen LogP contribution in [0.1, 0.15) is 16.2 Å². The van der Waals surface area contributed by atoms with Crippen LogP contribution in [0.15, 0.2) is 39.3 Å². The van der Waals surface area contributed by atoms with Gasteiger partial charge in [-0.05, 0) is 36.1 Å². The van der Waals surface area contributed by atoms with E-state index in [0.29, 0.717) is 6.54 Å². The fourth-order valence-electron chi connectivity index (χ4n) is 1.55. The van der Waals surface area contributed by atoms with Gasteiger partial charge in [-0.25, -0.2) is 0 Å². The summed E-state index contributed by atoms with van der Waals surface area (Å²) in [5.41, 5.74) is 1.31. The first kappa shape index (κ1) is 16.0. The number of aliphatic imine (C=N–C) groups is 1. The molecule has 0 aliphatic carbocycles. The predicted molar refractivity (Wildman–Crippen MR) is 90.2 cm³/mol. The average molecular weight is 391 g/mol. The summed E-state index contributed by atoms with van der Waals surface area (Å²) in [5.74, 6) is 1.67. The van der Waals surface area contributed by atoms with E-state index in [0.717, 1.165) is 18.3 Å². The molecule has 0 radical (unpaired) electrons. The zero-order chi connectivity index (χ0) is 12.8. The van der Waals surface area contributed by atoms with Gasteiger partial charge < -0.3 is 15.1 Å². The molecule has 0 aliphatic heterocycles. The maximum atomic E-state index is 5.25. The van der Waals surface area contributed by atoms with Crippen molar-refractivity contribution < 1.29 is 4.42 Å². The number of furan rings is 1. The maximum absolute atomic E-state index is 5.25. The summed E-state index contributed by atoms with van der Waals surface area (Å²) in [6.45, 7) is 3.55. The molecule has 0 spiro atoms. The zero-order valence-electron chi connectivity index (χ0n) is 11.0. The third-order valence-corrected chi connectivity index (χ3v) is 3.64. The van der Waals surface area contributed by atoms with E-state index in [1.165, 1.54) is 10.4 Å². The smallest absolute Gasteiger partial charge is 0.191 e. The van der Waals surface area contributed by atoms with Crippen LogP contribution in [-0.4, -0.2) is 13.0 Å². The van der Waals surface area contributed by atoms with Crippen molar-refractivity contribution in [1.29, 1.82) is 0 Å². The van der Waals surface area contributed by atoms with E-state index in [-0.39, 0.29) is 24.0 Å². The fourth-order valence-corrected chi connectivity index (χ4v) is 2.40. The molecule has 0 fully saturated rings.